The van der Waals surface area contributed by atoms with Crippen LogP contribution >= 0.6 is 0 Å². The summed E-state index contributed by atoms with van der Waals surface area (Å²) in [5.74, 6) is 0.306. The number of hydrogen-bond donors (Lipinski definition) is 3. The summed E-state index contributed by atoms with van der Waals surface area (Å²) < 4.78 is 0. The average Bonchev–Trinajstić information content (AvgIpc) is 3.10. The van der Waals surface area contributed by atoms with Gasteiger partial charge < -0.3 is 15.3 Å². The van der Waals surface area contributed by atoms with Gasteiger partial charge in [-0.15, -0.1) is 0 Å². The van der Waals surface area contributed by atoms with E-state index in [1.807, 2.05) is 6.08 Å². The highest BCUT2D eigenvalue weighted by Crippen LogP contribution is 2.48. The van der Waals surface area contributed by atoms with Crippen molar-refractivity contribution in [1.29, 1.82) is 0 Å². The van der Waals surface area contributed by atoms with Crippen LogP contribution in [0.25, 0.3) is 0 Å². The lowest BCUT2D eigenvalue weighted by molar-refractivity contribution is -0.137. The topological polar surface area (TPSA) is 77.8 Å². The number of allylic oxidation sites excluding steroid dienone is 2. The third-order valence-electron chi connectivity index (χ3n) is 6.00. The Morgan fingerprint density at radius 3 is 2.81 bits per heavy atom. The van der Waals surface area contributed by atoms with Crippen molar-refractivity contribution in [3.63, 3.8) is 0 Å². The van der Waals surface area contributed by atoms with Crippen molar-refractivity contribution in [2.45, 2.75) is 89.8 Å². The number of carboxylic acid groups (broad SMARTS) is 1. The molecule has 0 amide bonds. The predicted molar refractivity (Wildman–Crippen MR) is 104 cm³/mol. The highest BCUT2D eigenvalue weighted by Gasteiger charge is 2.43. The van der Waals surface area contributed by atoms with E-state index >= 15 is 0 Å². The van der Waals surface area contributed by atoms with E-state index in [0.717, 1.165) is 44.9 Å². The maximum Gasteiger partial charge on any atom is 0.303 e. The third-order valence-corrected chi connectivity index (χ3v) is 6.00. The first-order chi connectivity index (χ1) is 12.5. The molecule has 148 valence electrons. The van der Waals surface area contributed by atoms with Crippen LogP contribution in [-0.4, -0.2) is 33.5 Å². The van der Waals surface area contributed by atoms with Crippen LogP contribution in [0.15, 0.2) is 23.8 Å². The average molecular weight is 365 g/mol. The smallest absolute Gasteiger partial charge is 0.303 e. The normalized spacial score (nSPS) is 29.1. The molecule has 0 radical (unpaired) electrons. The summed E-state index contributed by atoms with van der Waals surface area (Å²) in [6, 6.07) is 0. The molecular formula is C22H36O4. The second kappa shape index (κ2) is 10.9. The molecule has 0 unspecified atom stereocenters. The number of aliphatic hydroxyl groups is 2. The number of aliphatic carboxylic acids is 1. The van der Waals surface area contributed by atoms with E-state index in [0.29, 0.717) is 11.8 Å². The molecule has 4 nitrogen and oxygen atoms in total. The predicted octanol–water partition coefficient (Wildman–Crippen LogP) is 4.46. The molecule has 1 fully saturated rings. The quantitative estimate of drug-likeness (QED) is 0.353. The van der Waals surface area contributed by atoms with Crippen molar-refractivity contribution in [3.8, 4) is 0 Å². The van der Waals surface area contributed by atoms with Crippen LogP contribution in [-0.2, 0) is 4.79 Å². The maximum absolute atomic E-state index is 10.6. The van der Waals surface area contributed by atoms with Crippen molar-refractivity contribution in [2.75, 3.05) is 0 Å². The van der Waals surface area contributed by atoms with E-state index in [4.69, 9.17) is 5.11 Å². The summed E-state index contributed by atoms with van der Waals surface area (Å²) in [6.07, 6.45) is 15.7. The van der Waals surface area contributed by atoms with Crippen LogP contribution in [0.4, 0.5) is 0 Å². The Balaban J connectivity index is 1.76. The zero-order chi connectivity index (χ0) is 18.9. The van der Waals surface area contributed by atoms with Gasteiger partial charge in [0.15, 0.2) is 0 Å². The first-order valence-electron chi connectivity index (χ1n) is 10.5. The molecule has 0 aromatic rings. The van der Waals surface area contributed by atoms with Gasteiger partial charge in [0.2, 0.25) is 0 Å². The standard InChI is InChI=1S/C22H36O4/c1-2-3-4-5-9-18(23)11-12-19-20-14-16(8-6-7-10-22(25)26)13-17(20)15-21(19)24/h11-13,17-21,23-24H,2-10,14-15H2,1H3,(H,25,26)/b12-11+/t17-,18-,19+,20-,21+/m1/s1. The molecule has 2 aliphatic rings. The van der Waals surface area contributed by atoms with E-state index in [-0.39, 0.29) is 18.4 Å². The van der Waals surface area contributed by atoms with Crippen molar-refractivity contribution in [3.05, 3.63) is 23.8 Å². The fraction of sp³-hybridized carbons (Fsp3) is 0.773. The van der Waals surface area contributed by atoms with Crippen molar-refractivity contribution in [1.82, 2.24) is 0 Å². The van der Waals surface area contributed by atoms with Gasteiger partial charge in [-0.1, -0.05) is 56.4 Å². The Hall–Kier alpha value is -1.13. The number of fused-ring (bicyclic) bond motifs is 1. The molecule has 0 bridgehead atoms. The number of carbonyl (C=O) groups is 1. The molecule has 2 aliphatic carbocycles. The second-order valence-corrected chi connectivity index (χ2v) is 8.14. The third kappa shape index (κ3) is 6.55. The number of rotatable bonds is 12. The fourth-order valence-electron chi connectivity index (χ4n) is 4.55. The lowest BCUT2D eigenvalue weighted by Crippen LogP contribution is -2.18. The first-order valence-corrected chi connectivity index (χ1v) is 10.5. The van der Waals surface area contributed by atoms with Gasteiger partial charge in [-0.05, 0) is 50.4 Å². The molecule has 4 heteroatoms. The molecular weight excluding hydrogens is 328 g/mol. The van der Waals surface area contributed by atoms with Gasteiger partial charge in [0.05, 0.1) is 12.2 Å². The number of carboxylic acids is 1. The zero-order valence-corrected chi connectivity index (χ0v) is 16.1. The molecule has 0 aromatic carbocycles. The molecule has 2 rings (SSSR count). The minimum absolute atomic E-state index is 0.137. The van der Waals surface area contributed by atoms with Gasteiger partial charge in [0.1, 0.15) is 0 Å². The minimum Gasteiger partial charge on any atom is -0.481 e. The molecule has 26 heavy (non-hydrogen) atoms. The first kappa shape index (κ1) is 21.2. The summed E-state index contributed by atoms with van der Waals surface area (Å²) in [4.78, 5) is 10.6. The van der Waals surface area contributed by atoms with E-state index in [2.05, 4.69) is 19.1 Å². The van der Waals surface area contributed by atoms with Gasteiger partial charge in [-0.3, -0.25) is 4.79 Å². The summed E-state index contributed by atoms with van der Waals surface area (Å²) in [6.45, 7) is 2.18. The molecule has 0 aliphatic heterocycles. The van der Waals surface area contributed by atoms with Gasteiger partial charge in [-0.2, -0.15) is 0 Å². The Morgan fingerprint density at radius 1 is 1.27 bits per heavy atom. The van der Waals surface area contributed by atoms with Crippen molar-refractivity contribution >= 4 is 5.97 Å². The monoisotopic (exact) mass is 364 g/mol. The largest absolute Gasteiger partial charge is 0.481 e. The van der Waals surface area contributed by atoms with Gasteiger partial charge in [-0.25, -0.2) is 0 Å². The maximum atomic E-state index is 10.6. The van der Waals surface area contributed by atoms with E-state index < -0.39 is 12.1 Å². The SMILES string of the molecule is CCCCCC[C@@H](O)/C=C/[C@H]1[C@@H]2CC(CCCCC(=O)O)=C[C@@H]2C[C@@H]1O. The number of hydrogen-bond acceptors (Lipinski definition) is 3. The molecule has 0 saturated heterocycles. The van der Waals surface area contributed by atoms with Crippen molar-refractivity contribution in [2.24, 2.45) is 17.8 Å². The van der Waals surface area contributed by atoms with Gasteiger partial charge in [0, 0.05) is 12.3 Å². The summed E-state index contributed by atoms with van der Waals surface area (Å²) >= 11 is 0. The van der Waals surface area contributed by atoms with Crippen LogP contribution in [0, 0.1) is 17.8 Å². The summed E-state index contributed by atoms with van der Waals surface area (Å²) in [7, 11) is 0. The molecule has 3 N–H and O–H groups in total. The highest BCUT2D eigenvalue weighted by molar-refractivity contribution is 5.66. The van der Waals surface area contributed by atoms with E-state index in [9.17, 15) is 15.0 Å². The Morgan fingerprint density at radius 2 is 2.08 bits per heavy atom. The van der Waals surface area contributed by atoms with Crippen LogP contribution in [0.5, 0.6) is 0 Å². The van der Waals surface area contributed by atoms with E-state index in [1.165, 1.54) is 24.8 Å². The Bertz CT molecular complexity index is 496. The summed E-state index contributed by atoms with van der Waals surface area (Å²) in [5.41, 5.74) is 1.43. The van der Waals surface area contributed by atoms with Crippen LogP contribution in [0.1, 0.15) is 77.6 Å². The van der Waals surface area contributed by atoms with Gasteiger partial charge in [0.25, 0.3) is 0 Å². The molecule has 0 spiro atoms. The van der Waals surface area contributed by atoms with Gasteiger partial charge >= 0.3 is 5.97 Å². The number of aliphatic hydroxyl groups excluding tert-OH is 2. The molecule has 0 aromatic heterocycles. The lowest BCUT2D eigenvalue weighted by atomic mass is 9.88. The van der Waals surface area contributed by atoms with Crippen LogP contribution < -0.4 is 0 Å². The fourth-order valence-corrected chi connectivity index (χ4v) is 4.55. The molecule has 0 heterocycles. The van der Waals surface area contributed by atoms with Crippen LogP contribution in [0.3, 0.4) is 0 Å². The lowest BCUT2D eigenvalue weighted by Gasteiger charge is -2.19. The van der Waals surface area contributed by atoms with Crippen molar-refractivity contribution < 1.29 is 20.1 Å². The second-order valence-electron chi connectivity index (χ2n) is 8.14. The van der Waals surface area contributed by atoms with E-state index in [1.54, 1.807) is 0 Å². The Kier molecular flexibility index (Phi) is 8.86. The molecule has 5 atom stereocenters. The Labute approximate surface area is 158 Å². The summed E-state index contributed by atoms with van der Waals surface area (Å²) in [5, 5.41) is 29.2. The van der Waals surface area contributed by atoms with Crippen LogP contribution in [0.2, 0.25) is 0 Å². The highest BCUT2D eigenvalue weighted by atomic mass is 16.4. The number of unbranched alkanes of at least 4 members (excludes halogenated alkanes) is 4. The zero-order valence-electron chi connectivity index (χ0n) is 16.1. The minimum atomic E-state index is -0.719. The molecule has 1 saturated carbocycles.